The van der Waals surface area contributed by atoms with Crippen LogP contribution in [0.2, 0.25) is 0 Å². The Hall–Kier alpha value is -1.36. The van der Waals surface area contributed by atoms with Crippen molar-refractivity contribution in [2.75, 3.05) is 12.3 Å². The van der Waals surface area contributed by atoms with Gasteiger partial charge in [0.25, 0.3) is 0 Å². The van der Waals surface area contributed by atoms with Gasteiger partial charge in [0.15, 0.2) is 5.17 Å². The van der Waals surface area contributed by atoms with Crippen molar-refractivity contribution in [3.63, 3.8) is 0 Å². The first kappa shape index (κ1) is 18.0. The average Bonchev–Trinajstić information content (AvgIpc) is 3.28. The maximum absolute atomic E-state index is 11.2. The van der Waals surface area contributed by atoms with Gasteiger partial charge in [0.1, 0.15) is 5.69 Å². The predicted octanol–water partition coefficient (Wildman–Crippen LogP) is 6.11. The minimum absolute atomic E-state index is 0.350. The molecule has 3 aliphatic rings. The SMILES string of the molecule is CCCCN1C(=Nc2ccc(N=O)c3c2CCCC3)SCC12CCCC2. The number of unbranched alkanes of at least 4 members (excludes halogenated alkanes) is 1. The summed E-state index contributed by atoms with van der Waals surface area (Å²) in [7, 11) is 0. The molecule has 1 aliphatic heterocycles. The highest BCUT2D eigenvalue weighted by Crippen LogP contribution is 2.46. The highest BCUT2D eigenvalue weighted by atomic mass is 32.2. The van der Waals surface area contributed by atoms with Crippen molar-refractivity contribution in [1.29, 1.82) is 0 Å². The molecule has 2 aliphatic carbocycles. The van der Waals surface area contributed by atoms with Gasteiger partial charge in [-0.25, -0.2) is 4.99 Å². The Morgan fingerprint density at radius 3 is 2.46 bits per heavy atom. The van der Waals surface area contributed by atoms with Gasteiger partial charge in [-0.3, -0.25) is 0 Å². The van der Waals surface area contributed by atoms with Crippen LogP contribution < -0.4 is 0 Å². The van der Waals surface area contributed by atoms with E-state index in [0.717, 1.165) is 37.1 Å². The van der Waals surface area contributed by atoms with Gasteiger partial charge in [-0.2, -0.15) is 0 Å². The normalized spacial score (nSPS) is 23.0. The molecule has 1 aromatic rings. The van der Waals surface area contributed by atoms with Crippen LogP contribution in [0.25, 0.3) is 0 Å². The molecule has 0 radical (unpaired) electrons. The Morgan fingerprint density at radius 2 is 1.77 bits per heavy atom. The lowest BCUT2D eigenvalue weighted by Crippen LogP contribution is -2.45. The van der Waals surface area contributed by atoms with Gasteiger partial charge in [-0.05, 0) is 73.4 Å². The lowest BCUT2D eigenvalue weighted by Gasteiger charge is -2.35. The summed E-state index contributed by atoms with van der Waals surface area (Å²) in [6, 6.07) is 3.89. The molecule has 1 saturated carbocycles. The zero-order chi connectivity index (χ0) is 18.0. The predicted molar refractivity (Wildman–Crippen MR) is 111 cm³/mol. The van der Waals surface area contributed by atoms with Crippen LogP contribution in [0, 0.1) is 4.91 Å². The molecule has 26 heavy (non-hydrogen) atoms. The van der Waals surface area contributed by atoms with E-state index in [-0.39, 0.29) is 0 Å². The number of aliphatic imine (C=N–C) groups is 1. The Morgan fingerprint density at radius 1 is 1.08 bits per heavy atom. The summed E-state index contributed by atoms with van der Waals surface area (Å²) in [5.74, 6) is 1.19. The molecule has 1 heterocycles. The molecule has 4 rings (SSSR count). The van der Waals surface area contributed by atoms with E-state index in [1.165, 1.54) is 61.4 Å². The van der Waals surface area contributed by atoms with Crippen LogP contribution in [0.3, 0.4) is 0 Å². The number of amidine groups is 1. The van der Waals surface area contributed by atoms with Gasteiger partial charge >= 0.3 is 0 Å². The lowest BCUT2D eigenvalue weighted by molar-refractivity contribution is 0.214. The molecule has 0 aromatic heterocycles. The fourth-order valence-electron chi connectivity index (χ4n) is 4.87. The van der Waals surface area contributed by atoms with E-state index in [0.29, 0.717) is 11.2 Å². The number of rotatable bonds is 5. The van der Waals surface area contributed by atoms with E-state index in [4.69, 9.17) is 4.99 Å². The van der Waals surface area contributed by atoms with Crippen LogP contribution >= 0.6 is 11.8 Å². The summed E-state index contributed by atoms with van der Waals surface area (Å²) >= 11 is 1.94. The van der Waals surface area contributed by atoms with E-state index >= 15 is 0 Å². The first-order valence-corrected chi connectivity index (χ1v) is 11.2. The highest BCUT2D eigenvalue weighted by molar-refractivity contribution is 8.14. The van der Waals surface area contributed by atoms with Gasteiger partial charge in [0, 0.05) is 12.3 Å². The summed E-state index contributed by atoms with van der Waals surface area (Å²) in [6.45, 7) is 3.39. The molecular formula is C21H29N3OS. The quantitative estimate of drug-likeness (QED) is 0.586. The van der Waals surface area contributed by atoms with Crippen molar-refractivity contribution in [1.82, 2.24) is 4.90 Å². The molecule has 0 N–H and O–H groups in total. The molecule has 2 fully saturated rings. The van der Waals surface area contributed by atoms with E-state index in [1.807, 2.05) is 23.9 Å². The summed E-state index contributed by atoms with van der Waals surface area (Å²) in [5, 5.41) is 4.46. The van der Waals surface area contributed by atoms with Crippen LogP contribution in [0.4, 0.5) is 11.4 Å². The molecule has 1 aromatic carbocycles. The third-order valence-electron chi connectivity index (χ3n) is 6.34. The first-order valence-electron chi connectivity index (χ1n) is 10.2. The molecular weight excluding hydrogens is 342 g/mol. The van der Waals surface area contributed by atoms with Gasteiger partial charge in [-0.15, -0.1) is 4.91 Å². The number of nitrogens with zero attached hydrogens (tertiary/aromatic N) is 3. The molecule has 0 atom stereocenters. The van der Waals surface area contributed by atoms with Crippen LogP contribution in [0.1, 0.15) is 69.4 Å². The molecule has 140 valence electrons. The van der Waals surface area contributed by atoms with E-state index in [2.05, 4.69) is 17.0 Å². The summed E-state index contributed by atoms with van der Waals surface area (Å²) < 4.78 is 0. The zero-order valence-corrected chi connectivity index (χ0v) is 16.6. The molecule has 5 heteroatoms. The smallest absolute Gasteiger partial charge is 0.164 e. The number of thioether (sulfide) groups is 1. The second kappa shape index (κ2) is 7.71. The Labute approximate surface area is 160 Å². The van der Waals surface area contributed by atoms with E-state index in [1.54, 1.807) is 0 Å². The summed E-state index contributed by atoms with van der Waals surface area (Å²) in [6.07, 6.45) is 12.1. The van der Waals surface area contributed by atoms with Gasteiger partial charge in [0.2, 0.25) is 0 Å². The van der Waals surface area contributed by atoms with Crippen molar-refractivity contribution in [2.45, 2.75) is 76.7 Å². The number of benzene rings is 1. The number of hydrogen-bond acceptors (Lipinski definition) is 4. The topological polar surface area (TPSA) is 45.0 Å². The number of nitroso groups, excluding NO2 is 1. The third kappa shape index (κ3) is 3.19. The van der Waals surface area contributed by atoms with Crippen molar-refractivity contribution in [3.05, 3.63) is 28.2 Å². The second-order valence-corrected chi connectivity index (χ2v) is 8.92. The molecule has 4 nitrogen and oxygen atoms in total. The van der Waals surface area contributed by atoms with Crippen LogP contribution in [0.15, 0.2) is 22.3 Å². The van der Waals surface area contributed by atoms with E-state index in [9.17, 15) is 4.91 Å². The van der Waals surface area contributed by atoms with E-state index < -0.39 is 0 Å². The Balaban J connectivity index is 1.69. The Bertz CT molecular complexity index is 709. The van der Waals surface area contributed by atoms with Crippen LogP contribution in [0.5, 0.6) is 0 Å². The summed E-state index contributed by atoms with van der Waals surface area (Å²) in [4.78, 5) is 19.0. The van der Waals surface area contributed by atoms with Gasteiger partial charge in [0.05, 0.1) is 11.2 Å². The third-order valence-corrected chi connectivity index (χ3v) is 7.59. The molecule has 1 spiro atoms. The van der Waals surface area contributed by atoms with Crippen molar-refractivity contribution in [3.8, 4) is 0 Å². The lowest BCUT2D eigenvalue weighted by atomic mass is 9.89. The van der Waals surface area contributed by atoms with Crippen LogP contribution in [-0.4, -0.2) is 27.9 Å². The number of fused-ring (bicyclic) bond motifs is 1. The average molecular weight is 372 g/mol. The molecule has 0 bridgehead atoms. The monoisotopic (exact) mass is 371 g/mol. The fraction of sp³-hybridized carbons (Fsp3) is 0.667. The van der Waals surface area contributed by atoms with Crippen LogP contribution in [-0.2, 0) is 12.8 Å². The maximum atomic E-state index is 11.2. The minimum Gasteiger partial charge on any atom is -0.345 e. The number of hydrogen-bond donors (Lipinski definition) is 0. The zero-order valence-electron chi connectivity index (χ0n) is 15.8. The molecule has 0 amide bonds. The van der Waals surface area contributed by atoms with Gasteiger partial charge in [-0.1, -0.05) is 37.9 Å². The van der Waals surface area contributed by atoms with Crippen molar-refractivity contribution in [2.24, 2.45) is 10.2 Å². The Kier molecular flexibility index (Phi) is 5.35. The minimum atomic E-state index is 0.350. The largest absolute Gasteiger partial charge is 0.345 e. The molecule has 0 unspecified atom stereocenters. The molecule has 1 saturated heterocycles. The fourth-order valence-corrected chi connectivity index (χ4v) is 6.32. The highest BCUT2D eigenvalue weighted by Gasteiger charge is 2.46. The maximum Gasteiger partial charge on any atom is 0.164 e. The van der Waals surface area contributed by atoms with Crippen molar-refractivity contribution < 1.29 is 0 Å². The first-order chi connectivity index (χ1) is 12.8. The summed E-state index contributed by atoms with van der Waals surface area (Å²) in [5.41, 5.74) is 4.46. The van der Waals surface area contributed by atoms with Gasteiger partial charge < -0.3 is 4.90 Å². The second-order valence-electron chi connectivity index (χ2n) is 7.98. The standard InChI is InChI=1S/C21H29N3OS/c1-2-3-14-24-20(26-15-21(24)12-6-7-13-21)22-18-10-11-19(23-25)17-9-5-4-8-16(17)18/h10-11H,2-9,12-15H2,1H3. The van der Waals surface area contributed by atoms with Crippen molar-refractivity contribution >= 4 is 28.3 Å².